The number of carbonyl (C=O) groups is 2. The summed E-state index contributed by atoms with van der Waals surface area (Å²) in [4.78, 5) is 46.5. The van der Waals surface area contributed by atoms with Gasteiger partial charge < -0.3 is 10.1 Å². The third-order valence-corrected chi connectivity index (χ3v) is 2.08. The van der Waals surface area contributed by atoms with Gasteiger partial charge in [-0.3, -0.25) is 9.78 Å². The largest absolute Gasteiger partial charge is 0.439 e. The second kappa shape index (κ2) is 5.95. The molecule has 0 saturated carbocycles. The fraction of sp³-hybridized carbons (Fsp3) is 0.273. The SMILES string of the molecule is C=C(C)C(=O)OC(C)NC(=O)n1cc(F)c(=O)[nH]c1=O. The van der Waals surface area contributed by atoms with Gasteiger partial charge in [0, 0.05) is 5.57 Å². The molecule has 8 nitrogen and oxygen atoms in total. The molecule has 1 amide bonds. The highest BCUT2D eigenvalue weighted by molar-refractivity contribution is 5.87. The van der Waals surface area contributed by atoms with Gasteiger partial charge in [-0.25, -0.2) is 19.0 Å². The number of esters is 1. The van der Waals surface area contributed by atoms with Crippen LogP contribution in [0.15, 0.2) is 27.9 Å². The molecule has 1 heterocycles. The van der Waals surface area contributed by atoms with Crippen molar-refractivity contribution >= 4 is 12.0 Å². The third-order valence-electron chi connectivity index (χ3n) is 2.08. The molecule has 0 spiro atoms. The van der Waals surface area contributed by atoms with E-state index < -0.39 is 35.3 Å². The number of aromatic nitrogens is 2. The van der Waals surface area contributed by atoms with Crippen LogP contribution in [0.3, 0.4) is 0 Å². The summed E-state index contributed by atoms with van der Waals surface area (Å²) < 4.78 is 18.0. The fourth-order valence-corrected chi connectivity index (χ4v) is 1.13. The average Bonchev–Trinajstić information content (AvgIpc) is 2.33. The molecule has 0 bridgehead atoms. The van der Waals surface area contributed by atoms with Gasteiger partial charge in [0.1, 0.15) is 0 Å². The second-order valence-corrected chi connectivity index (χ2v) is 3.88. The van der Waals surface area contributed by atoms with Crippen LogP contribution in [0.5, 0.6) is 0 Å². The maximum Gasteiger partial charge on any atom is 0.336 e. The lowest BCUT2D eigenvalue weighted by Gasteiger charge is -2.15. The van der Waals surface area contributed by atoms with Crippen molar-refractivity contribution in [2.75, 3.05) is 0 Å². The number of carbonyl (C=O) groups excluding carboxylic acids is 2. The zero-order valence-corrected chi connectivity index (χ0v) is 10.7. The van der Waals surface area contributed by atoms with E-state index in [-0.39, 0.29) is 5.57 Å². The van der Waals surface area contributed by atoms with Crippen LogP contribution in [0.2, 0.25) is 0 Å². The van der Waals surface area contributed by atoms with E-state index in [1.165, 1.54) is 13.8 Å². The number of hydrogen-bond donors (Lipinski definition) is 2. The van der Waals surface area contributed by atoms with Crippen LogP contribution in [0.25, 0.3) is 0 Å². The second-order valence-electron chi connectivity index (χ2n) is 3.88. The van der Waals surface area contributed by atoms with Gasteiger partial charge in [-0.2, -0.15) is 4.39 Å². The van der Waals surface area contributed by atoms with E-state index in [1.54, 1.807) is 4.98 Å². The smallest absolute Gasteiger partial charge is 0.336 e. The molecule has 0 aliphatic rings. The van der Waals surface area contributed by atoms with Gasteiger partial charge in [-0.1, -0.05) is 6.58 Å². The zero-order chi connectivity index (χ0) is 15.4. The first-order valence-corrected chi connectivity index (χ1v) is 5.41. The van der Waals surface area contributed by atoms with Crippen molar-refractivity contribution < 1.29 is 18.7 Å². The molecule has 108 valence electrons. The van der Waals surface area contributed by atoms with Gasteiger partial charge in [-0.15, -0.1) is 0 Å². The molecular weight excluding hydrogens is 273 g/mol. The molecule has 1 aromatic heterocycles. The van der Waals surface area contributed by atoms with Crippen molar-refractivity contribution in [3.8, 4) is 0 Å². The summed E-state index contributed by atoms with van der Waals surface area (Å²) in [6.07, 6.45) is -0.641. The normalized spacial score (nSPS) is 11.6. The first-order valence-electron chi connectivity index (χ1n) is 5.41. The predicted molar refractivity (Wildman–Crippen MR) is 65.6 cm³/mol. The first-order chi connectivity index (χ1) is 9.22. The number of nitrogens with zero attached hydrogens (tertiary/aromatic N) is 1. The first kappa shape index (κ1) is 15.3. The number of hydrogen-bond acceptors (Lipinski definition) is 5. The lowest BCUT2D eigenvalue weighted by atomic mass is 10.4. The van der Waals surface area contributed by atoms with E-state index >= 15 is 0 Å². The molecule has 9 heteroatoms. The molecule has 1 atom stereocenters. The summed E-state index contributed by atoms with van der Waals surface area (Å²) in [5, 5.41) is 2.12. The minimum Gasteiger partial charge on any atom is -0.439 e. The highest BCUT2D eigenvalue weighted by Crippen LogP contribution is 1.96. The Morgan fingerprint density at radius 3 is 2.65 bits per heavy atom. The minimum absolute atomic E-state index is 0.123. The molecule has 2 N–H and O–H groups in total. The Bertz CT molecular complexity index is 675. The van der Waals surface area contributed by atoms with E-state index in [2.05, 4.69) is 11.9 Å². The number of ether oxygens (including phenoxy) is 1. The number of halogens is 1. The van der Waals surface area contributed by atoms with Crippen LogP contribution in [-0.2, 0) is 9.53 Å². The number of amides is 1. The monoisotopic (exact) mass is 285 g/mol. The molecule has 0 radical (unpaired) electrons. The van der Waals surface area contributed by atoms with Gasteiger partial charge in [0.15, 0.2) is 6.23 Å². The van der Waals surface area contributed by atoms with E-state index in [9.17, 15) is 23.6 Å². The van der Waals surface area contributed by atoms with Crippen LogP contribution in [0.1, 0.15) is 13.8 Å². The highest BCUT2D eigenvalue weighted by Gasteiger charge is 2.16. The van der Waals surface area contributed by atoms with Crippen molar-refractivity contribution in [2.45, 2.75) is 20.1 Å². The molecule has 0 saturated heterocycles. The quantitative estimate of drug-likeness (QED) is 0.450. The molecule has 0 aromatic carbocycles. The Hall–Kier alpha value is -2.71. The number of rotatable bonds is 3. The van der Waals surface area contributed by atoms with Gasteiger partial charge in [0.2, 0.25) is 5.82 Å². The van der Waals surface area contributed by atoms with Crippen molar-refractivity contribution in [1.29, 1.82) is 0 Å². The van der Waals surface area contributed by atoms with Gasteiger partial charge in [0.05, 0.1) is 6.20 Å². The summed E-state index contributed by atoms with van der Waals surface area (Å²) in [6, 6.07) is -1.06. The molecule has 0 aliphatic carbocycles. The summed E-state index contributed by atoms with van der Waals surface area (Å²) in [5.41, 5.74) is -2.23. The maximum absolute atomic E-state index is 13.0. The summed E-state index contributed by atoms with van der Waals surface area (Å²) >= 11 is 0. The lowest BCUT2D eigenvalue weighted by molar-refractivity contribution is -0.144. The molecule has 1 aromatic rings. The molecule has 0 fully saturated rings. The molecule has 20 heavy (non-hydrogen) atoms. The highest BCUT2D eigenvalue weighted by atomic mass is 19.1. The predicted octanol–water partition coefficient (Wildman–Crippen LogP) is -0.301. The lowest BCUT2D eigenvalue weighted by Crippen LogP contribution is -2.45. The Morgan fingerprint density at radius 1 is 1.50 bits per heavy atom. The molecule has 1 unspecified atom stereocenters. The van der Waals surface area contributed by atoms with E-state index in [0.717, 1.165) is 0 Å². The van der Waals surface area contributed by atoms with Gasteiger partial charge >= 0.3 is 17.7 Å². The van der Waals surface area contributed by atoms with Crippen molar-refractivity contribution in [1.82, 2.24) is 14.9 Å². The summed E-state index contributed by atoms with van der Waals surface area (Å²) in [5.74, 6) is -2.04. The van der Waals surface area contributed by atoms with Crippen LogP contribution in [0, 0.1) is 5.82 Å². The van der Waals surface area contributed by atoms with E-state index in [0.29, 0.717) is 10.8 Å². The third kappa shape index (κ3) is 3.64. The van der Waals surface area contributed by atoms with Crippen LogP contribution >= 0.6 is 0 Å². The maximum atomic E-state index is 13.0. The van der Waals surface area contributed by atoms with Gasteiger partial charge in [-0.05, 0) is 13.8 Å². The van der Waals surface area contributed by atoms with Crippen molar-refractivity contribution in [3.05, 3.63) is 45.0 Å². The average molecular weight is 285 g/mol. The Labute approximate surface area is 111 Å². The standard InChI is InChI=1S/C11H12FN3O5/c1-5(2)9(17)20-6(3)13-10(18)15-4-7(12)8(16)14-11(15)19/h4,6H,1H2,2-3H3,(H,13,18)(H,14,16,19). The number of nitrogens with one attached hydrogen (secondary N) is 2. The topological polar surface area (TPSA) is 110 Å². The Balaban J connectivity index is 2.85. The Morgan fingerprint density at radius 2 is 2.10 bits per heavy atom. The molecular formula is C11H12FN3O5. The van der Waals surface area contributed by atoms with Gasteiger partial charge in [0.25, 0.3) is 5.56 Å². The zero-order valence-electron chi connectivity index (χ0n) is 10.7. The van der Waals surface area contributed by atoms with Crippen molar-refractivity contribution in [3.63, 3.8) is 0 Å². The number of H-pyrrole nitrogens is 1. The summed E-state index contributed by atoms with van der Waals surface area (Å²) in [7, 11) is 0. The Kier molecular flexibility index (Phi) is 4.57. The van der Waals surface area contributed by atoms with Crippen LogP contribution < -0.4 is 16.6 Å². The van der Waals surface area contributed by atoms with E-state index in [1.807, 2.05) is 0 Å². The van der Waals surface area contributed by atoms with Crippen molar-refractivity contribution in [2.24, 2.45) is 0 Å². The van der Waals surface area contributed by atoms with Crippen LogP contribution in [0.4, 0.5) is 9.18 Å². The summed E-state index contributed by atoms with van der Waals surface area (Å²) in [6.45, 7) is 6.09. The minimum atomic E-state index is -1.30. The fourth-order valence-electron chi connectivity index (χ4n) is 1.13. The number of aromatic amines is 1. The van der Waals surface area contributed by atoms with E-state index in [4.69, 9.17) is 4.74 Å². The molecule has 0 aliphatic heterocycles. The van der Waals surface area contributed by atoms with Crippen LogP contribution in [-0.4, -0.2) is 27.8 Å². The molecule has 1 rings (SSSR count).